The first-order valence-corrected chi connectivity index (χ1v) is 8.71. The van der Waals surface area contributed by atoms with Gasteiger partial charge in [0.1, 0.15) is 5.82 Å². The lowest BCUT2D eigenvalue weighted by Gasteiger charge is -2.09. The zero-order valence-corrected chi connectivity index (χ0v) is 13.5. The molecule has 114 valence electrons. The lowest BCUT2D eigenvalue weighted by Crippen LogP contribution is -2.13. The van der Waals surface area contributed by atoms with Crippen LogP contribution in [-0.4, -0.2) is 36.9 Å². The molecular weight excluding hydrogens is 337 g/mol. The van der Waals surface area contributed by atoms with Gasteiger partial charge in [-0.2, -0.15) is 0 Å². The van der Waals surface area contributed by atoms with Gasteiger partial charge >= 0.3 is 0 Å². The van der Waals surface area contributed by atoms with Gasteiger partial charge in [0.05, 0.1) is 6.61 Å². The first-order chi connectivity index (χ1) is 9.93. The van der Waals surface area contributed by atoms with Crippen molar-refractivity contribution in [2.45, 2.75) is 18.1 Å². The molecule has 21 heavy (non-hydrogen) atoms. The second-order valence-electron chi connectivity index (χ2n) is 4.25. The number of rotatable bonds is 6. The minimum atomic E-state index is -3.97. The van der Waals surface area contributed by atoms with Gasteiger partial charge in [-0.25, -0.2) is 8.42 Å². The van der Waals surface area contributed by atoms with E-state index in [4.69, 9.17) is 27.0 Å². The molecule has 0 bridgehead atoms. The summed E-state index contributed by atoms with van der Waals surface area (Å²) in [6.45, 7) is 0.595. The highest BCUT2D eigenvalue weighted by atomic mass is 35.7. The molecule has 0 aliphatic rings. The van der Waals surface area contributed by atoms with Crippen molar-refractivity contribution in [2.75, 3.05) is 13.7 Å². The molecule has 0 unspecified atom stereocenters. The maximum absolute atomic E-state index is 11.5. The van der Waals surface area contributed by atoms with E-state index in [0.717, 1.165) is 5.56 Å². The van der Waals surface area contributed by atoms with Crippen LogP contribution in [0.5, 0.6) is 0 Å². The van der Waals surface area contributed by atoms with Crippen molar-refractivity contribution in [3.63, 3.8) is 0 Å². The lowest BCUT2D eigenvalue weighted by atomic mass is 10.1. The fourth-order valence-corrected chi connectivity index (χ4v) is 2.99. The average Bonchev–Trinajstić information content (AvgIpc) is 2.82. The van der Waals surface area contributed by atoms with E-state index < -0.39 is 9.05 Å². The SMILES string of the molecule is COCCn1c(Cc2ccccc2Cl)nnc1S(=O)(=O)Cl. The number of methoxy groups -OCH3 is 1. The minimum Gasteiger partial charge on any atom is -0.383 e. The number of ether oxygens (including phenoxy) is 1. The molecule has 6 nitrogen and oxygen atoms in total. The molecule has 0 amide bonds. The van der Waals surface area contributed by atoms with E-state index >= 15 is 0 Å². The van der Waals surface area contributed by atoms with Gasteiger partial charge in [-0.15, -0.1) is 10.2 Å². The summed E-state index contributed by atoms with van der Waals surface area (Å²) in [5, 5.41) is 7.86. The van der Waals surface area contributed by atoms with Crippen LogP contribution in [0, 0.1) is 0 Å². The van der Waals surface area contributed by atoms with E-state index in [-0.39, 0.29) is 11.7 Å². The maximum atomic E-state index is 11.5. The smallest absolute Gasteiger partial charge is 0.296 e. The number of nitrogens with zero attached hydrogens (tertiary/aromatic N) is 3. The van der Waals surface area contributed by atoms with Crippen molar-refractivity contribution in [3.05, 3.63) is 40.7 Å². The van der Waals surface area contributed by atoms with Crippen LogP contribution in [0.25, 0.3) is 0 Å². The van der Waals surface area contributed by atoms with Crippen molar-refractivity contribution in [2.24, 2.45) is 0 Å². The second kappa shape index (κ2) is 6.74. The molecule has 0 fully saturated rings. The lowest BCUT2D eigenvalue weighted by molar-refractivity contribution is 0.183. The van der Waals surface area contributed by atoms with E-state index in [9.17, 15) is 8.42 Å². The second-order valence-corrected chi connectivity index (χ2v) is 7.12. The first kappa shape index (κ1) is 16.2. The third-order valence-corrected chi connectivity index (χ3v) is 4.36. The van der Waals surface area contributed by atoms with Gasteiger partial charge in [0.15, 0.2) is 0 Å². The van der Waals surface area contributed by atoms with E-state index in [1.165, 1.54) is 11.7 Å². The van der Waals surface area contributed by atoms with Gasteiger partial charge in [-0.3, -0.25) is 4.57 Å². The fraction of sp³-hybridized carbons (Fsp3) is 0.333. The van der Waals surface area contributed by atoms with Crippen molar-refractivity contribution >= 4 is 31.3 Å². The Labute approximate surface area is 132 Å². The topological polar surface area (TPSA) is 74.1 Å². The molecule has 2 rings (SSSR count). The molecule has 0 aliphatic heterocycles. The maximum Gasteiger partial charge on any atom is 0.296 e. The minimum absolute atomic E-state index is 0.282. The molecule has 0 spiro atoms. The van der Waals surface area contributed by atoms with Crippen LogP contribution in [0.1, 0.15) is 11.4 Å². The zero-order chi connectivity index (χ0) is 15.5. The summed E-state index contributed by atoms with van der Waals surface area (Å²) < 4.78 is 29.4. The number of aromatic nitrogens is 3. The molecule has 0 N–H and O–H groups in total. The van der Waals surface area contributed by atoms with Crippen LogP contribution in [0.3, 0.4) is 0 Å². The third kappa shape index (κ3) is 3.94. The van der Waals surface area contributed by atoms with Crippen LogP contribution >= 0.6 is 22.3 Å². The van der Waals surface area contributed by atoms with Crippen molar-refractivity contribution in [1.82, 2.24) is 14.8 Å². The van der Waals surface area contributed by atoms with Crippen LogP contribution in [0.2, 0.25) is 5.02 Å². The quantitative estimate of drug-likeness (QED) is 0.746. The molecule has 0 aliphatic carbocycles. The number of hydrogen-bond donors (Lipinski definition) is 0. The van der Waals surface area contributed by atoms with E-state index in [2.05, 4.69) is 10.2 Å². The first-order valence-electron chi connectivity index (χ1n) is 6.02. The van der Waals surface area contributed by atoms with Gasteiger partial charge in [-0.1, -0.05) is 29.8 Å². The van der Waals surface area contributed by atoms with E-state index in [0.29, 0.717) is 23.9 Å². The van der Waals surface area contributed by atoms with Gasteiger partial charge in [-0.05, 0) is 11.6 Å². The molecule has 0 saturated carbocycles. The Bertz CT molecular complexity index is 731. The summed E-state index contributed by atoms with van der Waals surface area (Å²) in [5.41, 5.74) is 0.823. The normalized spacial score (nSPS) is 11.8. The Morgan fingerprint density at radius 3 is 2.62 bits per heavy atom. The average molecular weight is 350 g/mol. The highest BCUT2D eigenvalue weighted by Gasteiger charge is 2.22. The summed E-state index contributed by atoms with van der Waals surface area (Å²) in [5.74, 6) is 0.458. The summed E-state index contributed by atoms with van der Waals surface area (Å²) >= 11 is 6.10. The molecule has 1 aromatic carbocycles. The summed E-state index contributed by atoms with van der Waals surface area (Å²) in [4.78, 5) is 0. The number of halogens is 2. The van der Waals surface area contributed by atoms with Gasteiger partial charge in [0, 0.05) is 35.8 Å². The molecule has 9 heteroatoms. The zero-order valence-electron chi connectivity index (χ0n) is 11.2. The van der Waals surface area contributed by atoms with E-state index in [1.54, 1.807) is 6.07 Å². The number of benzene rings is 1. The molecule has 0 atom stereocenters. The molecule has 1 heterocycles. The van der Waals surface area contributed by atoms with Gasteiger partial charge in [0.25, 0.3) is 14.2 Å². The van der Waals surface area contributed by atoms with Crippen molar-refractivity contribution < 1.29 is 13.2 Å². The van der Waals surface area contributed by atoms with Crippen molar-refractivity contribution in [1.29, 1.82) is 0 Å². The van der Waals surface area contributed by atoms with E-state index in [1.807, 2.05) is 18.2 Å². The highest BCUT2D eigenvalue weighted by molar-refractivity contribution is 8.13. The predicted octanol–water partition coefficient (Wildman–Crippen LogP) is 2.10. The molecule has 1 aromatic heterocycles. The van der Waals surface area contributed by atoms with Gasteiger partial charge in [0.2, 0.25) is 0 Å². The Balaban J connectivity index is 2.40. The third-order valence-electron chi connectivity index (χ3n) is 2.84. The largest absolute Gasteiger partial charge is 0.383 e. The predicted molar refractivity (Wildman–Crippen MR) is 79.2 cm³/mol. The monoisotopic (exact) mass is 349 g/mol. The standard InChI is InChI=1S/C12H13Cl2N3O3S/c1-20-7-6-17-11(15-16-12(17)21(14,18)19)8-9-4-2-3-5-10(9)13/h2-5H,6-8H2,1H3. The van der Waals surface area contributed by atoms with Crippen LogP contribution in [0.15, 0.2) is 29.4 Å². The Hall–Kier alpha value is -1.15. The highest BCUT2D eigenvalue weighted by Crippen LogP contribution is 2.20. The van der Waals surface area contributed by atoms with Crippen LogP contribution < -0.4 is 0 Å². The van der Waals surface area contributed by atoms with Gasteiger partial charge < -0.3 is 4.74 Å². The molecule has 0 saturated heterocycles. The summed E-state index contributed by atoms with van der Waals surface area (Å²) in [6, 6.07) is 7.25. The molecular formula is C12H13Cl2N3O3S. The number of hydrogen-bond acceptors (Lipinski definition) is 5. The fourth-order valence-electron chi connectivity index (χ4n) is 1.85. The Kier molecular flexibility index (Phi) is 5.21. The summed E-state index contributed by atoms with van der Waals surface area (Å²) in [7, 11) is 2.92. The molecule has 0 radical (unpaired) electrons. The summed E-state index contributed by atoms with van der Waals surface area (Å²) in [6.07, 6.45) is 0.350. The molecule has 2 aromatic rings. The Morgan fingerprint density at radius 2 is 2.00 bits per heavy atom. The van der Waals surface area contributed by atoms with Crippen molar-refractivity contribution in [3.8, 4) is 0 Å². The van der Waals surface area contributed by atoms with Crippen LogP contribution in [0.4, 0.5) is 0 Å². The van der Waals surface area contributed by atoms with Crippen LogP contribution in [-0.2, 0) is 26.8 Å². The Morgan fingerprint density at radius 1 is 1.29 bits per heavy atom.